The lowest BCUT2D eigenvalue weighted by atomic mass is 10.0. The van der Waals surface area contributed by atoms with E-state index in [4.69, 9.17) is 0 Å². The number of halogens is 1. The van der Waals surface area contributed by atoms with Crippen molar-refractivity contribution in [1.82, 2.24) is 0 Å². The van der Waals surface area contributed by atoms with Gasteiger partial charge in [0.25, 0.3) is 0 Å². The number of carboxylic acids is 1. The van der Waals surface area contributed by atoms with E-state index in [0.717, 1.165) is 18.4 Å². The smallest absolute Gasteiger partial charge is 0.337 e. The molecule has 0 aliphatic carbocycles. The number of rotatable bonds is 6. The molecular weight excluding hydrogens is 317 g/mol. The van der Waals surface area contributed by atoms with E-state index in [2.05, 4.69) is 17.4 Å². The van der Waals surface area contributed by atoms with Gasteiger partial charge in [0.1, 0.15) is 5.82 Å². The Morgan fingerprint density at radius 1 is 0.880 bits per heavy atom. The zero-order chi connectivity index (χ0) is 17.6. The number of carbonyl (C=O) groups is 1. The largest absolute Gasteiger partial charge is 0.478 e. The van der Waals surface area contributed by atoms with Crippen LogP contribution in [0.3, 0.4) is 0 Å². The molecule has 0 spiro atoms. The molecule has 0 unspecified atom stereocenters. The molecule has 2 N–H and O–H groups in total. The van der Waals surface area contributed by atoms with Crippen molar-refractivity contribution < 1.29 is 14.3 Å². The second-order valence-corrected chi connectivity index (χ2v) is 5.81. The second-order valence-electron chi connectivity index (χ2n) is 5.81. The molecule has 25 heavy (non-hydrogen) atoms. The van der Waals surface area contributed by atoms with Gasteiger partial charge in [0.15, 0.2) is 0 Å². The van der Waals surface area contributed by atoms with Gasteiger partial charge in [0.05, 0.1) is 11.3 Å². The van der Waals surface area contributed by atoms with Crippen molar-refractivity contribution in [2.24, 2.45) is 0 Å². The Kier molecular flexibility index (Phi) is 5.09. The number of nitrogens with one attached hydrogen (secondary N) is 1. The van der Waals surface area contributed by atoms with E-state index in [9.17, 15) is 14.3 Å². The number of aryl methyl sites for hydroxylation is 2. The summed E-state index contributed by atoms with van der Waals surface area (Å²) in [4.78, 5) is 11.5. The third kappa shape index (κ3) is 4.44. The van der Waals surface area contributed by atoms with Gasteiger partial charge in [-0.1, -0.05) is 42.5 Å². The molecule has 3 aromatic rings. The van der Waals surface area contributed by atoms with E-state index < -0.39 is 5.97 Å². The molecule has 4 heteroatoms. The van der Waals surface area contributed by atoms with Gasteiger partial charge in [-0.15, -0.1) is 0 Å². The predicted molar refractivity (Wildman–Crippen MR) is 96.9 cm³/mol. The maximum absolute atomic E-state index is 13.4. The lowest BCUT2D eigenvalue weighted by Crippen LogP contribution is -2.04. The lowest BCUT2D eigenvalue weighted by molar-refractivity contribution is 0.0698. The molecule has 3 nitrogen and oxygen atoms in total. The summed E-state index contributed by atoms with van der Waals surface area (Å²) in [5.41, 5.74) is 3.39. The van der Waals surface area contributed by atoms with Crippen LogP contribution >= 0.6 is 0 Å². The first-order chi connectivity index (χ1) is 12.1. The van der Waals surface area contributed by atoms with Crippen LogP contribution in [-0.2, 0) is 12.8 Å². The number of anilines is 2. The van der Waals surface area contributed by atoms with Gasteiger partial charge in [-0.05, 0) is 54.3 Å². The fraction of sp³-hybridized carbons (Fsp3) is 0.0952. The van der Waals surface area contributed by atoms with Crippen molar-refractivity contribution in [3.05, 3.63) is 95.3 Å². The summed E-state index contributed by atoms with van der Waals surface area (Å²) in [6, 6.07) is 21.3. The quantitative estimate of drug-likeness (QED) is 0.662. The maximum atomic E-state index is 13.4. The zero-order valence-corrected chi connectivity index (χ0v) is 13.6. The highest BCUT2D eigenvalue weighted by Crippen LogP contribution is 2.24. The lowest BCUT2D eigenvalue weighted by Gasteiger charge is -2.12. The van der Waals surface area contributed by atoms with Crippen molar-refractivity contribution in [3.63, 3.8) is 0 Å². The summed E-state index contributed by atoms with van der Waals surface area (Å²) in [6.45, 7) is 0. The van der Waals surface area contributed by atoms with Crippen LogP contribution < -0.4 is 5.32 Å². The molecule has 126 valence electrons. The summed E-state index contributed by atoms with van der Waals surface area (Å²) in [7, 11) is 0. The van der Waals surface area contributed by atoms with Crippen molar-refractivity contribution >= 4 is 17.3 Å². The first kappa shape index (κ1) is 16.7. The zero-order valence-electron chi connectivity index (χ0n) is 13.6. The molecule has 0 fully saturated rings. The molecule has 0 heterocycles. The number of benzene rings is 3. The Bertz CT molecular complexity index is 878. The van der Waals surface area contributed by atoms with Crippen LogP contribution in [0.2, 0.25) is 0 Å². The number of hydrogen-bond donors (Lipinski definition) is 2. The third-order valence-electron chi connectivity index (χ3n) is 3.96. The number of hydrogen-bond acceptors (Lipinski definition) is 2. The Labute approximate surface area is 145 Å². The fourth-order valence-electron chi connectivity index (χ4n) is 2.69. The first-order valence-electron chi connectivity index (χ1n) is 8.04. The molecule has 0 aliphatic heterocycles. The van der Waals surface area contributed by atoms with Crippen LogP contribution in [0.25, 0.3) is 0 Å². The van der Waals surface area contributed by atoms with Crippen LogP contribution in [0, 0.1) is 5.82 Å². The Morgan fingerprint density at radius 2 is 1.64 bits per heavy atom. The molecular formula is C21H18FNO2. The molecule has 0 aliphatic rings. The topological polar surface area (TPSA) is 49.3 Å². The van der Waals surface area contributed by atoms with Crippen LogP contribution in [0.4, 0.5) is 15.8 Å². The van der Waals surface area contributed by atoms with Crippen molar-refractivity contribution in [1.29, 1.82) is 0 Å². The fourth-order valence-corrected chi connectivity index (χ4v) is 2.69. The summed E-state index contributed by atoms with van der Waals surface area (Å²) in [5.74, 6) is -1.39. The van der Waals surface area contributed by atoms with Crippen LogP contribution in [0.5, 0.6) is 0 Å². The van der Waals surface area contributed by atoms with Gasteiger partial charge in [0, 0.05) is 5.69 Å². The van der Waals surface area contributed by atoms with E-state index >= 15 is 0 Å². The molecule has 0 amide bonds. The van der Waals surface area contributed by atoms with Crippen molar-refractivity contribution in [3.8, 4) is 0 Å². The minimum absolute atomic E-state index is 0.160. The molecule has 3 aromatic carbocycles. The Morgan fingerprint density at radius 3 is 2.36 bits per heavy atom. The molecule has 0 saturated heterocycles. The standard InChI is InChI=1S/C21H18FNO2/c22-17-7-4-8-18(14-17)23-20-13-16(11-12-19(20)21(24)25)10-9-15-5-2-1-3-6-15/h1-8,11-14,23H,9-10H2,(H,24,25). The van der Waals surface area contributed by atoms with E-state index in [0.29, 0.717) is 11.4 Å². The monoisotopic (exact) mass is 335 g/mol. The Hall–Kier alpha value is -3.14. The van der Waals surface area contributed by atoms with E-state index in [1.54, 1.807) is 18.2 Å². The number of carboxylic acid groups (broad SMARTS) is 1. The molecule has 0 atom stereocenters. The van der Waals surface area contributed by atoms with E-state index in [-0.39, 0.29) is 11.4 Å². The van der Waals surface area contributed by atoms with Crippen molar-refractivity contribution in [2.75, 3.05) is 5.32 Å². The van der Waals surface area contributed by atoms with Crippen molar-refractivity contribution in [2.45, 2.75) is 12.8 Å². The predicted octanol–water partition coefficient (Wildman–Crippen LogP) is 5.05. The van der Waals surface area contributed by atoms with E-state index in [1.807, 2.05) is 30.3 Å². The molecule has 0 bridgehead atoms. The van der Waals surface area contributed by atoms with Crippen LogP contribution in [0.1, 0.15) is 21.5 Å². The molecule has 3 rings (SSSR count). The molecule has 0 aromatic heterocycles. The summed E-state index contributed by atoms with van der Waals surface area (Å²) in [6.07, 6.45) is 1.66. The van der Waals surface area contributed by atoms with Gasteiger partial charge in [0.2, 0.25) is 0 Å². The highest BCUT2D eigenvalue weighted by atomic mass is 19.1. The maximum Gasteiger partial charge on any atom is 0.337 e. The SMILES string of the molecule is O=C(O)c1ccc(CCc2ccccc2)cc1Nc1cccc(F)c1. The molecule has 0 radical (unpaired) electrons. The van der Waals surface area contributed by atoms with Crippen LogP contribution in [0.15, 0.2) is 72.8 Å². The highest BCUT2D eigenvalue weighted by Gasteiger charge is 2.11. The highest BCUT2D eigenvalue weighted by molar-refractivity contribution is 5.95. The minimum atomic E-state index is -1.02. The average Bonchev–Trinajstić information content (AvgIpc) is 2.61. The second kappa shape index (κ2) is 7.62. The minimum Gasteiger partial charge on any atom is -0.478 e. The summed E-state index contributed by atoms with van der Waals surface area (Å²) >= 11 is 0. The number of aromatic carboxylic acids is 1. The van der Waals surface area contributed by atoms with Gasteiger partial charge < -0.3 is 10.4 Å². The van der Waals surface area contributed by atoms with Gasteiger partial charge in [-0.3, -0.25) is 0 Å². The molecule has 0 saturated carbocycles. The Balaban J connectivity index is 1.83. The van der Waals surface area contributed by atoms with E-state index in [1.165, 1.54) is 17.7 Å². The van der Waals surface area contributed by atoms with Gasteiger partial charge >= 0.3 is 5.97 Å². The van der Waals surface area contributed by atoms with Crippen LogP contribution in [-0.4, -0.2) is 11.1 Å². The average molecular weight is 335 g/mol. The normalized spacial score (nSPS) is 10.4. The third-order valence-corrected chi connectivity index (χ3v) is 3.96. The summed E-state index contributed by atoms with van der Waals surface area (Å²) in [5, 5.41) is 12.4. The first-order valence-corrected chi connectivity index (χ1v) is 8.04. The van der Waals surface area contributed by atoms with Gasteiger partial charge in [-0.2, -0.15) is 0 Å². The van der Waals surface area contributed by atoms with Gasteiger partial charge in [-0.25, -0.2) is 9.18 Å². The summed E-state index contributed by atoms with van der Waals surface area (Å²) < 4.78 is 13.4.